The van der Waals surface area contributed by atoms with Crippen LogP contribution < -0.4 is 15.7 Å². The largest absolute Gasteiger partial charge is 0.548 e. The number of nitrogens with zero attached hydrogens (tertiary/aromatic N) is 2. The smallest absolute Gasteiger partial charge is 0.338 e. The molecule has 0 fully saturated rings. The van der Waals surface area contributed by atoms with Crippen LogP contribution in [0.1, 0.15) is 24.1 Å². The van der Waals surface area contributed by atoms with Crippen LogP contribution in [0, 0.1) is 10.1 Å². The Bertz CT molecular complexity index is 985. The molecule has 2 heterocycles. The number of pyridine rings is 1. The fourth-order valence-electron chi connectivity index (χ4n) is 3.10. The zero-order chi connectivity index (χ0) is 20.3. The Hall–Kier alpha value is -3.88. The van der Waals surface area contributed by atoms with Crippen molar-refractivity contribution in [1.82, 2.24) is 10.3 Å². The summed E-state index contributed by atoms with van der Waals surface area (Å²) in [4.78, 5) is 27.0. The van der Waals surface area contributed by atoms with Gasteiger partial charge in [0.1, 0.15) is 0 Å². The Morgan fingerprint density at radius 1 is 1.25 bits per heavy atom. The third-order valence-electron chi connectivity index (χ3n) is 4.28. The number of carboxylic acids is 1. The molecule has 2 N–H and O–H groups in total. The molecule has 1 aromatic heterocycles. The summed E-state index contributed by atoms with van der Waals surface area (Å²) in [5.41, 5.74) is 1.68. The van der Waals surface area contributed by atoms with Gasteiger partial charge in [-0.2, -0.15) is 0 Å². The first kappa shape index (κ1) is 18.9. The van der Waals surface area contributed by atoms with Gasteiger partial charge < -0.3 is 25.3 Å². The molecule has 9 nitrogen and oxygen atoms in total. The van der Waals surface area contributed by atoms with E-state index in [2.05, 4.69) is 15.6 Å². The van der Waals surface area contributed by atoms with Crippen molar-refractivity contribution in [1.29, 1.82) is 0 Å². The van der Waals surface area contributed by atoms with E-state index < -0.39 is 16.9 Å². The van der Waals surface area contributed by atoms with Gasteiger partial charge in [-0.25, -0.2) is 0 Å². The van der Waals surface area contributed by atoms with Crippen LogP contribution in [0.5, 0.6) is 0 Å². The summed E-state index contributed by atoms with van der Waals surface area (Å²) >= 11 is 0. The first-order chi connectivity index (χ1) is 13.4. The second kappa shape index (κ2) is 7.78. The van der Waals surface area contributed by atoms with Gasteiger partial charge in [0, 0.05) is 23.8 Å². The number of ether oxygens (including phenoxy) is 1. The fourth-order valence-corrected chi connectivity index (χ4v) is 3.10. The Labute approximate surface area is 160 Å². The van der Waals surface area contributed by atoms with Crippen molar-refractivity contribution in [3.05, 3.63) is 87.3 Å². The van der Waals surface area contributed by atoms with E-state index in [-0.39, 0.29) is 17.2 Å². The molecule has 9 heteroatoms. The molecule has 1 aliphatic rings. The lowest BCUT2D eigenvalue weighted by Crippen LogP contribution is -2.38. The molecule has 1 atom stereocenters. The number of aliphatic carboxylic acids is 1. The van der Waals surface area contributed by atoms with E-state index in [0.717, 1.165) is 0 Å². The van der Waals surface area contributed by atoms with Crippen molar-refractivity contribution in [2.24, 2.45) is 0 Å². The highest BCUT2D eigenvalue weighted by atomic mass is 16.6. The Balaban J connectivity index is 2.30. The van der Waals surface area contributed by atoms with Gasteiger partial charge in [-0.05, 0) is 30.2 Å². The molecule has 0 unspecified atom stereocenters. The first-order valence-corrected chi connectivity index (χ1v) is 8.31. The average Bonchev–Trinajstić information content (AvgIpc) is 2.83. The van der Waals surface area contributed by atoms with Crippen LogP contribution in [0.3, 0.4) is 0 Å². The molecule has 28 heavy (non-hydrogen) atoms. The maximum atomic E-state index is 11.9. The predicted octanol–water partition coefficient (Wildman–Crippen LogP) is 1.41. The Morgan fingerprint density at radius 2 is 1.93 bits per heavy atom. The number of hydrogen-bond donors (Lipinski definition) is 2. The maximum Gasteiger partial charge on any atom is 0.338 e. The van der Waals surface area contributed by atoms with E-state index >= 15 is 0 Å². The number of rotatable bonds is 5. The van der Waals surface area contributed by atoms with Gasteiger partial charge in [-0.1, -0.05) is 24.3 Å². The van der Waals surface area contributed by atoms with E-state index in [1.54, 1.807) is 55.7 Å². The van der Waals surface area contributed by atoms with Gasteiger partial charge in [0.25, 0.3) is 5.88 Å². The van der Waals surface area contributed by atoms with Gasteiger partial charge >= 0.3 is 5.70 Å². The number of hydrogen-bond acceptors (Lipinski definition) is 8. The summed E-state index contributed by atoms with van der Waals surface area (Å²) in [7, 11) is 1.23. The summed E-state index contributed by atoms with van der Waals surface area (Å²) in [6.45, 7) is 1.67. The highest BCUT2D eigenvalue weighted by Gasteiger charge is 2.36. The summed E-state index contributed by atoms with van der Waals surface area (Å²) in [5, 5.41) is 29.3. The predicted molar refractivity (Wildman–Crippen MR) is 98.8 cm³/mol. The van der Waals surface area contributed by atoms with Gasteiger partial charge in [0.2, 0.25) is 0 Å². The van der Waals surface area contributed by atoms with Crippen LogP contribution in [-0.2, 0) is 9.53 Å². The Morgan fingerprint density at radius 3 is 2.54 bits per heavy atom. The molecule has 1 aromatic carbocycles. The van der Waals surface area contributed by atoms with Crippen LogP contribution in [0.15, 0.2) is 66.1 Å². The summed E-state index contributed by atoms with van der Waals surface area (Å²) in [5.74, 6) is -1.69. The first-order valence-electron chi connectivity index (χ1n) is 8.31. The average molecular weight is 381 g/mol. The number of carbonyl (C=O) groups excluding carboxylic acids is 1. The molecule has 0 spiro atoms. The van der Waals surface area contributed by atoms with Gasteiger partial charge in [0.05, 0.1) is 29.6 Å². The minimum atomic E-state index is -1.43. The van der Waals surface area contributed by atoms with Crippen molar-refractivity contribution in [3.8, 4) is 0 Å². The molecule has 0 radical (unpaired) electrons. The summed E-state index contributed by atoms with van der Waals surface area (Å²) in [6.07, 6.45) is 3.17. The number of anilines is 1. The lowest BCUT2D eigenvalue weighted by molar-refractivity contribution is -0.420. The molecule has 0 saturated carbocycles. The van der Waals surface area contributed by atoms with E-state index in [0.29, 0.717) is 22.5 Å². The number of benzene rings is 1. The molecular formula is C19H17N4O5-. The number of allylic oxidation sites excluding steroid dienone is 2. The second-order valence-electron chi connectivity index (χ2n) is 5.98. The topological polar surface area (TPSA) is 129 Å². The van der Waals surface area contributed by atoms with Crippen LogP contribution in [-0.4, -0.2) is 23.0 Å². The standard InChI is InChI=1S/C19H18N4O5/c1-11(21-12-7-9-20-10-8-12)15-13-5-3-4-6-14(13)16(19(24)25)22-18(28-2)17(15)23(26)27/h3-10,16,22H,1-2H3,(H,20,21)(H,24,25)/p-1/t16-/m1/s1. The zero-order valence-electron chi connectivity index (χ0n) is 15.1. The highest BCUT2D eigenvalue weighted by Crippen LogP contribution is 2.37. The SMILES string of the molecule is COC1=C([N+](=O)[O-])C(=C(C)Nc2ccncc2)c2ccccc2[C@H](C(=O)[O-])N1. The number of methoxy groups -OCH3 is 1. The fraction of sp³-hybridized carbons (Fsp3) is 0.158. The minimum absolute atomic E-state index is 0.213. The Kier molecular flexibility index (Phi) is 5.25. The third kappa shape index (κ3) is 3.50. The van der Waals surface area contributed by atoms with Gasteiger partial charge in [-0.15, -0.1) is 0 Å². The number of carboxylic acid groups (broad SMARTS) is 1. The van der Waals surface area contributed by atoms with Crippen molar-refractivity contribution in [3.63, 3.8) is 0 Å². The van der Waals surface area contributed by atoms with E-state index in [1.807, 2.05) is 0 Å². The molecule has 0 amide bonds. The lowest BCUT2D eigenvalue weighted by Gasteiger charge is -2.21. The van der Waals surface area contributed by atoms with Crippen molar-refractivity contribution in [2.45, 2.75) is 13.0 Å². The third-order valence-corrected chi connectivity index (χ3v) is 4.28. The molecule has 0 saturated heterocycles. The van der Waals surface area contributed by atoms with Gasteiger partial charge in [0.15, 0.2) is 0 Å². The highest BCUT2D eigenvalue weighted by molar-refractivity contribution is 5.87. The summed E-state index contributed by atoms with van der Waals surface area (Å²) < 4.78 is 5.15. The van der Waals surface area contributed by atoms with Crippen LogP contribution in [0.25, 0.3) is 5.57 Å². The quantitative estimate of drug-likeness (QED) is 0.587. The van der Waals surface area contributed by atoms with E-state index in [1.165, 1.54) is 7.11 Å². The molecule has 0 bridgehead atoms. The van der Waals surface area contributed by atoms with E-state index in [9.17, 15) is 20.0 Å². The van der Waals surface area contributed by atoms with Crippen molar-refractivity contribution in [2.75, 3.05) is 12.4 Å². The van der Waals surface area contributed by atoms with Crippen LogP contribution in [0.4, 0.5) is 5.69 Å². The number of nitrogens with one attached hydrogen (secondary N) is 2. The van der Waals surface area contributed by atoms with Crippen molar-refractivity contribution < 1.29 is 19.6 Å². The van der Waals surface area contributed by atoms with Crippen molar-refractivity contribution >= 4 is 17.2 Å². The van der Waals surface area contributed by atoms with E-state index in [4.69, 9.17) is 4.74 Å². The number of aromatic nitrogens is 1. The van der Waals surface area contributed by atoms with Crippen LogP contribution >= 0.6 is 0 Å². The van der Waals surface area contributed by atoms with Crippen LogP contribution in [0.2, 0.25) is 0 Å². The number of nitro groups is 1. The summed E-state index contributed by atoms with van der Waals surface area (Å²) in [6, 6.07) is 8.65. The zero-order valence-corrected chi connectivity index (χ0v) is 15.1. The maximum absolute atomic E-state index is 11.9. The normalized spacial score (nSPS) is 17.7. The molecule has 0 aliphatic carbocycles. The van der Waals surface area contributed by atoms with Gasteiger partial charge in [-0.3, -0.25) is 15.1 Å². The molecule has 3 rings (SSSR count). The molecule has 144 valence electrons. The second-order valence-corrected chi connectivity index (χ2v) is 5.98. The number of carbonyl (C=O) groups is 1. The lowest BCUT2D eigenvalue weighted by atomic mass is 9.93. The minimum Gasteiger partial charge on any atom is -0.548 e. The molecular weight excluding hydrogens is 364 g/mol. The molecule has 2 aromatic rings. The number of fused-ring (bicyclic) bond motifs is 1. The monoisotopic (exact) mass is 381 g/mol. The molecule has 1 aliphatic heterocycles.